The number of para-hydroxylation sites is 1. The number of aryl methyl sites for hydroxylation is 2. The third-order valence-electron chi connectivity index (χ3n) is 4.90. The molecule has 0 saturated heterocycles. The molecule has 0 atom stereocenters. The Balaban J connectivity index is 1.69. The number of carbonyl (C=O) groups is 2. The average molecular weight is 438 g/mol. The van der Waals surface area contributed by atoms with Crippen LogP contribution in [0.4, 0.5) is 5.00 Å². The highest BCUT2D eigenvalue weighted by molar-refractivity contribution is 7.15. The van der Waals surface area contributed by atoms with E-state index in [1.807, 2.05) is 67.8 Å². The molecule has 0 bridgehead atoms. The van der Waals surface area contributed by atoms with Crippen LogP contribution in [0.15, 0.2) is 53.9 Å². The third-order valence-corrected chi connectivity index (χ3v) is 5.80. The number of esters is 1. The van der Waals surface area contributed by atoms with Crippen molar-refractivity contribution in [3.05, 3.63) is 70.6 Å². The van der Waals surface area contributed by atoms with Crippen LogP contribution in [0, 0.1) is 13.8 Å². The van der Waals surface area contributed by atoms with Crippen LogP contribution in [0.5, 0.6) is 5.75 Å². The van der Waals surface area contributed by atoms with E-state index in [9.17, 15) is 9.59 Å². The van der Waals surface area contributed by atoms with Gasteiger partial charge in [0.05, 0.1) is 13.2 Å². The Morgan fingerprint density at radius 2 is 1.81 bits per heavy atom. The van der Waals surface area contributed by atoms with E-state index in [2.05, 4.69) is 5.32 Å². The van der Waals surface area contributed by atoms with Gasteiger partial charge in [0, 0.05) is 17.4 Å². The van der Waals surface area contributed by atoms with Gasteiger partial charge >= 0.3 is 5.97 Å². The third kappa shape index (κ3) is 5.95. The minimum Gasteiger partial charge on any atom is -0.494 e. The van der Waals surface area contributed by atoms with Crippen LogP contribution < -0.4 is 10.1 Å². The van der Waals surface area contributed by atoms with Crippen molar-refractivity contribution in [2.75, 3.05) is 18.5 Å². The lowest BCUT2D eigenvalue weighted by Crippen LogP contribution is -2.15. The molecule has 6 heteroatoms. The molecular formula is C25H27NO4S. The summed E-state index contributed by atoms with van der Waals surface area (Å²) in [5, 5.41) is 5.30. The van der Waals surface area contributed by atoms with Gasteiger partial charge in [-0.1, -0.05) is 36.4 Å². The zero-order valence-corrected chi connectivity index (χ0v) is 18.9. The molecule has 0 saturated carbocycles. The summed E-state index contributed by atoms with van der Waals surface area (Å²) >= 11 is 1.34. The van der Waals surface area contributed by atoms with Crippen molar-refractivity contribution in [2.24, 2.45) is 0 Å². The van der Waals surface area contributed by atoms with Crippen molar-refractivity contribution in [1.82, 2.24) is 0 Å². The fourth-order valence-electron chi connectivity index (χ4n) is 3.11. The van der Waals surface area contributed by atoms with Crippen molar-refractivity contribution < 1.29 is 19.1 Å². The number of benzene rings is 2. The van der Waals surface area contributed by atoms with E-state index in [4.69, 9.17) is 9.47 Å². The fourth-order valence-corrected chi connectivity index (χ4v) is 4.08. The Morgan fingerprint density at radius 3 is 2.52 bits per heavy atom. The standard InChI is InChI=1S/C25H27NO4S/c1-4-29-25(28)23-21(19-13-12-17(2)18(3)15-19)16-31-24(23)26-22(27)11-8-14-30-20-9-6-5-7-10-20/h5-7,9-10,12-13,15-16H,4,8,11,14H2,1-3H3,(H,26,27). The summed E-state index contributed by atoms with van der Waals surface area (Å²) in [5.74, 6) is 0.194. The molecule has 2 aromatic carbocycles. The predicted octanol–water partition coefficient (Wildman–Crippen LogP) is 6.01. The SMILES string of the molecule is CCOC(=O)c1c(-c2ccc(C)c(C)c2)csc1NC(=O)CCCOc1ccccc1. The highest BCUT2D eigenvalue weighted by Crippen LogP contribution is 2.37. The first-order valence-corrected chi connectivity index (χ1v) is 11.2. The number of rotatable bonds is 9. The van der Waals surface area contributed by atoms with Gasteiger partial charge in [-0.2, -0.15) is 0 Å². The first-order valence-electron chi connectivity index (χ1n) is 10.3. The normalized spacial score (nSPS) is 10.5. The van der Waals surface area contributed by atoms with Crippen LogP contribution in [0.3, 0.4) is 0 Å². The number of hydrogen-bond acceptors (Lipinski definition) is 5. The van der Waals surface area contributed by atoms with Crippen molar-refractivity contribution in [3.63, 3.8) is 0 Å². The van der Waals surface area contributed by atoms with Crippen molar-refractivity contribution in [1.29, 1.82) is 0 Å². The molecule has 0 aliphatic carbocycles. The quantitative estimate of drug-likeness (QED) is 0.329. The van der Waals surface area contributed by atoms with Crippen LogP contribution in [0.2, 0.25) is 0 Å². The second kappa shape index (κ2) is 10.8. The van der Waals surface area contributed by atoms with Crippen molar-refractivity contribution in [2.45, 2.75) is 33.6 Å². The summed E-state index contributed by atoms with van der Waals surface area (Å²) in [4.78, 5) is 25.2. The molecule has 31 heavy (non-hydrogen) atoms. The average Bonchev–Trinajstić information content (AvgIpc) is 3.17. The number of carbonyl (C=O) groups excluding carboxylic acids is 2. The van der Waals surface area contributed by atoms with Crippen LogP contribution in [-0.4, -0.2) is 25.1 Å². The molecular weight excluding hydrogens is 410 g/mol. The molecule has 1 aromatic heterocycles. The van der Waals surface area contributed by atoms with Crippen molar-refractivity contribution >= 4 is 28.2 Å². The van der Waals surface area contributed by atoms with E-state index in [1.54, 1.807) is 6.92 Å². The Kier molecular flexibility index (Phi) is 7.84. The van der Waals surface area contributed by atoms with Crippen LogP contribution in [0.1, 0.15) is 41.3 Å². The molecule has 1 heterocycles. The first kappa shape index (κ1) is 22.6. The zero-order chi connectivity index (χ0) is 22.2. The van der Waals surface area contributed by atoms with E-state index < -0.39 is 5.97 Å². The van der Waals surface area contributed by atoms with Gasteiger partial charge in [0.15, 0.2) is 0 Å². The van der Waals surface area contributed by atoms with Crippen LogP contribution >= 0.6 is 11.3 Å². The lowest BCUT2D eigenvalue weighted by Gasteiger charge is -2.10. The Hall–Kier alpha value is -3.12. The summed E-state index contributed by atoms with van der Waals surface area (Å²) in [5.41, 5.74) is 4.43. The minimum absolute atomic E-state index is 0.157. The molecule has 1 N–H and O–H groups in total. The number of ether oxygens (including phenoxy) is 2. The molecule has 3 rings (SSSR count). The molecule has 3 aromatic rings. The minimum atomic E-state index is -0.431. The van der Waals surface area contributed by atoms with E-state index in [1.165, 1.54) is 16.9 Å². The summed E-state index contributed by atoms with van der Waals surface area (Å²) in [7, 11) is 0. The molecule has 0 aliphatic rings. The smallest absolute Gasteiger partial charge is 0.341 e. The molecule has 1 amide bonds. The summed E-state index contributed by atoms with van der Waals surface area (Å²) in [6, 6.07) is 15.6. The summed E-state index contributed by atoms with van der Waals surface area (Å²) < 4.78 is 10.9. The highest BCUT2D eigenvalue weighted by atomic mass is 32.1. The Labute approximate surface area is 187 Å². The molecule has 0 aliphatic heterocycles. The number of nitrogens with one attached hydrogen (secondary N) is 1. The maximum Gasteiger partial charge on any atom is 0.341 e. The first-order chi connectivity index (χ1) is 15.0. The van der Waals surface area contributed by atoms with Gasteiger partial charge < -0.3 is 14.8 Å². The molecule has 0 radical (unpaired) electrons. The van der Waals surface area contributed by atoms with E-state index in [0.29, 0.717) is 30.0 Å². The lowest BCUT2D eigenvalue weighted by molar-refractivity contribution is -0.116. The zero-order valence-electron chi connectivity index (χ0n) is 18.1. The van der Waals surface area contributed by atoms with E-state index >= 15 is 0 Å². The van der Waals surface area contributed by atoms with Crippen LogP contribution in [0.25, 0.3) is 11.1 Å². The summed E-state index contributed by atoms with van der Waals surface area (Å²) in [6.45, 7) is 6.57. The fraction of sp³-hybridized carbons (Fsp3) is 0.280. The number of anilines is 1. The van der Waals surface area contributed by atoms with E-state index in [-0.39, 0.29) is 12.5 Å². The molecule has 0 unspecified atom stereocenters. The number of thiophene rings is 1. The van der Waals surface area contributed by atoms with E-state index in [0.717, 1.165) is 22.4 Å². The monoisotopic (exact) mass is 437 g/mol. The van der Waals surface area contributed by atoms with Gasteiger partial charge in [0.2, 0.25) is 5.91 Å². The lowest BCUT2D eigenvalue weighted by atomic mass is 9.99. The molecule has 0 spiro atoms. The van der Waals surface area contributed by atoms with Gasteiger partial charge in [0.25, 0.3) is 0 Å². The number of amides is 1. The highest BCUT2D eigenvalue weighted by Gasteiger charge is 2.23. The van der Waals surface area contributed by atoms with Gasteiger partial charge in [-0.3, -0.25) is 4.79 Å². The second-order valence-corrected chi connectivity index (χ2v) is 8.07. The van der Waals surface area contributed by atoms with Crippen LogP contribution in [-0.2, 0) is 9.53 Å². The van der Waals surface area contributed by atoms with Gasteiger partial charge in [0.1, 0.15) is 16.3 Å². The number of hydrogen-bond donors (Lipinski definition) is 1. The molecule has 5 nitrogen and oxygen atoms in total. The summed E-state index contributed by atoms with van der Waals surface area (Å²) in [6.07, 6.45) is 0.872. The Bertz CT molecular complexity index is 1040. The molecule has 0 fully saturated rings. The van der Waals surface area contributed by atoms with Gasteiger partial charge in [-0.05, 0) is 56.0 Å². The Morgan fingerprint density at radius 1 is 1.03 bits per heavy atom. The van der Waals surface area contributed by atoms with Crippen molar-refractivity contribution in [3.8, 4) is 16.9 Å². The largest absolute Gasteiger partial charge is 0.494 e. The van der Waals surface area contributed by atoms with Gasteiger partial charge in [-0.15, -0.1) is 11.3 Å². The second-order valence-electron chi connectivity index (χ2n) is 7.19. The topological polar surface area (TPSA) is 64.6 Å². The van der Waals surface area contributed by atoms with Gasteiger partial charge in [-0.25, -0.2) is 4.79 Å². The maximum absolute atomic E-state index is 12.7. The molecule has 162 valence electrons. The predicted molar refractivity (Wildman–Crippen MR) is 125 cm³/mol. The maximum atomic E-state index is 12.7.